The van der Waals surface area contributed by atoms with Gasteiger partial charge in [0.1, 0.15) is 0 Å². The summed E-state index contributed by atoms with van der Waals surface area (Å²) < 4.78 is 24.7. The number of carboxylic acid groups (broad SMARTS) is 1. The smallest absolute Gasteiger partial charge is 0.307 e. The van der Waals surface area contributed by atoms with E-state index in [1.165, 1.54) is 4.31 Å². The van der Waals surface area contributed by atoms with Crippen molar-refractivity contribution in [3.05, 3.63) is 0 Å². The summed E-state index contributed by atoms with van der Waals surface area (Å²) in [7, 11) is -3.16. The molecule has 2 fully saturated rings. The second-order valence-corrected chi connectivity index (χ2v) is 6.14. The van der Waals surface area contributed by atoms with E-state index in [1.807, 2.05) is 0 Å². The zero-order chi connectivity index (χ0) is 10.3. The van der Waals surface area contributed by atoms with Crippen LogP contribution in [0.5, 0.6) is 0 Å². The van der Waals surface area contributed by atoms with Crippen LogP contribution in [0.1, 0.15) is 19.3 Å². The number of hydrogen-bond acceptors (Lipinski definition) is 3. The highest BCUT2D eigenvalue weighted by Gasteiger charge is 2.43. The molecule has 0 aromatic rings. The van der Waals surface area contributed by atoms with E-state index < -0.39 is 21.9 Å². The molecule has 2 rings (SSSR count). The summed E-state index contributed by atoms with van der Waals surface area (Å²) >= 11 is 0. The first kappa shape index (κ1) is 9.92. The van der Waals surface area contributed by atoms with Crippen LogP contribution in [-0.4, -0.2) is 42.1 Å². The third-order valence-electron chi connectivity index (χ3n) is 2.81. The summed E-state index contributed by atoms with van der Waals surface area (Å²) in [5.41, 5.74) is 0. The molecule has 0 aromatic heterocycles. The van der Waals surface area contributed by atoms with Crippen molar-refractivity contribution in [2.45, 2.75) is 24.5 Å². The zero-order valence-electron chi connectivity index (χ0n) is 7.72. The number of aliphatic carboxylic acids is 1. The van der Waals surface area contributed by atoms with Gasteiger partial charge in [-0.15, -0.1) is 0 Å². The molecule has 0 unspecified atom stereocenters. The van der Waals surface area contributed by atoms with Crippen LogP contribution in [-0.2, 0) is 14.8 Å². The van der Waals surface area contributed by atoms with Gasteiger partial charge in [0, 0.05) is 13.1 Å². The minimum absolute atomic E-state index is 0.161. The van der Waals surface area contributed by atoms with Gasteiger partial charge in [-0.2, -0.15) is 0 Å². The fourth-order valence-electron chi connectivity index (χ4n) is 1.74. The Kier molecular flexibility index (Phi) is 2.27. The Labute approximate surface area is 82.8 Å². The molecule has 1 saturated carbocycles. The lowest BCUT2D eigenvalue weighted by Gasteiger charge is -2.14. The highest BCUT2D eigenvalue weighted by molar-refractivity contribution is 7.90. The van der Waals surface area contributed by atoms with Crippen molar-refractivity contribution in [3.63, 3.8) is 0 Å². The maximum atomic E-state index is 11.7. The molecule has 1 saturated heterocycles. The summed E-state index contributed by atoms with van der Waals surface area (Å²) in [4.78, 5) is 10.6. The Balaban J connectivity index is 2.05. The molecule has 0 aromatic carbocycles. The van der Waals surface area contributed by atoms with Gasteiger partial charge in [0.25, 0.3) is 0 Å². The second-order valence-electron chi connectivity index (χ2n) is 3.93. The molecule has 0 spiro atoms. The Bertz CT molecular complexity index is 346. The number of hydrogen-bond donors (Lipinski definition) is 1. The van der Waals surface area contributed by atoms with Gasteiger partial charge < -0.3 is 5.11 Å². The molecule has 1 N–H and O–H groups in total. The van der Waals surface area contributed by atoms with Crippen molar-refractivity contribution in [3.8, 4) is 0 Å². The second kappa shape index (κ2) is 3.20. The van der Waals surface area contributed by atoms with Crippen LogP contribution in [0, 0.1) is 5.92 Å². The van der Waals surface area contributed by atoms with Crippen LogP contribution >= 0.6 is 0 Å². The van der Waals surface area contributed by atoms with E-state index in [9.17, 15) is 13.2 Å². The third-order valence-corrected chi connectivity index (χ3v) is 5.17. The Morgan fingerprint density at radius 1 is 1.29 bits per heavy atom. The van der Waals surface area contributed by atoms with Gasteiger partial charge in [0.05, 0.1) is 11.2 Å². The van der Waals surface area contributed by atoms with Gasteiger partial charge in [0.2, 0.25) is 10.0 Å². The highest BCUT2D eigenvalue weighted by Crippen LogP contribution is 2.33. The lowest BCUT2D eigenvalue weighted by atomic mass is 10.1. The van der Waals surface area contributed by atoms with Crippen LogP contribution in [0.2, 0.25) is 0 Å². The number of carboxylic acids is 1. The maximum absolute atomic E-state index is 11.7. The van der Waals surface area contributed by atoms with Gasteiger partial charge in [-0.05, 0) is 19.3 Å². The predicted molar refractivity (Wildman–Crippen MR) is 49.3 cm³/mol. The van der Waals surface area contributed by atoms with Crippen molar-refractivity contribution >= 4 is 16.0 Å². The largest absolute Gasteiger partial charge is 0.481 e. The van der Waals surface area contributed by atoms with Gasteiger partial charge in [0.15, 0.2) is 0 Å². The van der Waals surface area contributed by atoms with E-state index in [4.69, 9.17) is 5.11 Å². The molecule has 80 valence electrons. The minimum atomic E-state index is -3.16. The number of carbonyl (C=O) groups is 1. The Morgan fingerprint density at radius 3 is 2.36 bits per heavy atom. The zero-order valence-corrected chi connectivity index (χ0v) is 8.53. The first-order valence-corrected chi connectivity index (χ1v) is 6.24. The lowest BCUT2D eigenvalue weighted by Crippen LogP contribution is -2.32. The molecule has 14 heavy (non-hydrogen) atoms. The quantitative estimate of drug-likeness (QED) is 0.718. The summed E-state index contributed by atoms with van der Waals surface area (Å²) in [6.07, 6.45) is 1.91. The van der Waals surface area contributed by atoms with Crippen molar-refractivity contribution in [2.75, 3.05) is 13.1 Å². The summed E-state index contributed by atoms with van der Waals surface area (Å²) in [6, 6.07) is 0. The molecule has 0 bridgehead atoms. The summed E-state index contributed by atoms with van der Waals surface area (Å²) in [5, 5.41) is 8.50. The van der Waals surface area contributed by atoms with E-state index in [0.29, 0.717) is 13.0 Å². The molecule has 1 aliphatic heterocycles. The maximum Gasteiger partial charge on any atom is 0.307 e. The molecule has 1 aliphatic carbocycles. The van der Waals surface area contributed by atoms with Gasteiger partial charge >= 0.3 is 5.97 Å². The highest BCUT2D eigenvalue weighted by atomic mass is 32.2. The standard InChI is InChI=1S/C8H13NO4S/c10-8(11)6-3-4-9(5-6)14(12,13)7-1-2-7/h6-7H,1-5H2,(H,10,11)/t6-/m1/s1. The molecular formula is C8H13NO4S. The molecule has 1 atom stereocenters. The van der Waals surface area contributed by atoms with E-state index in [1.54, 1.807) is 0 Å². The number of nitrogens with zero attached hydrogens (tertiary/aromatic N) is 1. The first-order chi connectivity index (χ1) is 6.51. The van der Waals surface area contributed by atoms with Gasteiger partial charge in [-0.3, -0.25) is 4.79 Å². The Hall–Kier alpha value is -0.620. The fourth-order valence-corrected chi connectivity index (χ4v) is 3.64. The van der Waals surface area contributed by atoms with Crippen molar-refractivity contribution in [1.29, 1.82) is 0 Å². The van der Waals surface area contributed by atoms with Crippen LogP contribution < -0.4 is 0 Å². The number of rotatable bonds is 3. The van der Waals surface area contributed by atoms with Crippen LogP contribution in [0.15, 0.2) is 0 Å². The van der Waals surface area contributed by atoms with Crippen LogP contribution in [0.25, 0.3) is 0 Å². The predicted octanol–water partition coefficient (Wildman–Crippen LogP) is -0.115. The monoisotopic (exact) mass is 219 g/mol. The normalized spacial score (nSPS) is 29.3. The van der Waals surface area contributed by atoms with Crippen molar-refractivity contribution in [2.24, 2.45) is 5.92 Å². The third kappa shape index (κ3) is 1.64. The van der Waals surface area contributed by atoms with Crippen molar-refractivity contribution in [1.82, 2.24) is 4.31 Å². The fraction of sp³-hybridized carbons (Fsp3) is 0.875. The average Bonchev–Trinajstić information content (AvgIpc) is 2.82. The molecule has 1 heterocycles. The van der Waals surface area contributed by atoms with Gasteiger partial charge in [-0.1, -0.05) is 0 Å². The van der Waals surface area contributed by atoms with Crippen LogP contribution in [0.4, 0.5) is 0 Å². The van der Waals surface area contributed by atoms with E-state index in [2.05, 4.69) is 0 Å². The Morgan fingerprint density at radius 2 is 1.93 bits per heavy atom. The SMILES string of the molecule is O=C(O)[C@@H]1CCN(S(=O)(=O)C2CC2)C1. The minimum Gasteiger partial charge on any atom is -0.481 e. The number of sulfonamides is 1. The van der Waals surface area contributed by atoms with E-state index in [-0.39, 0.29) is 11.8 Å². The molecule has 0 radical (unpaired) electrons. The summed E-state index contributed by atoms with van der Waals surface area (Å²) in [6.45, 7) is 0.532. The lowest BCUT2D eigenvalue weighted by molar-refractivity contribution is -0.141. The first-order valence-electron chi connectivity index (χ1n) is 4.73. The van der Waals surface area contributed by atoms with E-state index >= 15 is 0 Å². The molecular weight excluding hydrogens is 206 g/mol. The average molecular weight is 219 g/mol. The van der Waals surface area contributed by atoms with Gasteiger partial charge in [-0.25, -0.2) is 12.7 Å². The topological polar surface area (TPSA) is 74.7 Å². The molecule has 5 nitrogen and oxygen atoms in total. The van der Waals surface area contributed by atoms with Crippen molar-refractivity contribution < 1.29 is 18.3 Å². The molecule has 0 amide bonds. The molecule has 6 heteroatoms. The molecule has 2 aliphatic rings. The summed E-state index contributed by atoms with van der Waals surface area (Å²) in [5.74, 6) is -1.40. The van der Waals surface area contributed by atoms with Crippen LogP contribution in [0.3, 0.4) is 0 Å². The van der Waals surface area contributed by atoms with E-state index in [0.717, 1.165) is 12.8 Å².